The van der Waals surface area contributed by atoms with Crippen molar-refractivity contribution >= 4 is 46.0 Å². The zero-order valence-electron chi connectivity index (χ0n) is 15.5. The molecule has 150 valence electrons. The van der Waals surface area contributed by atoms with E-state index in [-0.39, 0.29) is 17.9 Å². The second-order valence-electron chi connectivity index (χ2n) is 6.02. The molecule has 0 atom stereocenters. The molecule has 29 heavy (non-hydrogen) atoms. The number of esters is 1. The van der Waals surface area contributed by atoms with E-state index in [1.807, 2.05) is 30.5 Å². The van der Waals surface area contributed by atoms with Gasteiger partial charge in [-0.05, 0) is 24.5 Å². The third kappa shape index (κ3) is 4.91. The Bertz CT molecular complexity index is 1070. The predicted octanol–water partition coefficient (Wildman–Crippen LogP) is 2.99. The number of imidazole rings is 1. The van der Waals surface area contributed by atoms with E-state index >= 15 is 0 Å². The molecule has 0 fully saturated rings. The predicted molar refractivity (Wildman–Crippen MR) is 110 cm³/mol. The quantitative estimate of drug-likeness (QED) is 0.342. The van der Waals surface area contributed by atoms with Crippen LogP contribution in [-0.4, -0.2) is 39.2 Å². The number of nitrogens with zero attached hydrogens (tertiary/aromatic N) is 3. The topological polar surface area (TPSA) is 116 Å². The number of rotatable bonds is 8. The number of nitro benzene ring substituents is 1. The molecule has 0 saturated heterocycles. The van der Waals surface area contributed by atoms with Gasteiger partial charge in [0, 0.05) is 6.07 Å². The Hall–Kier alpha value is -3.40. The van der Waals surface area contributed by atoms with E-state index in [4.69, 9.17) is 4.74 Å². The van der Waals surface area contributed by atoms with Gasteiger partial charge in [-0.25, -0.2) is 4.98 Å². The number of benzene rings is 2. The number of thioether (sulfide) groups is 1. The number of nitro groups is 1. The molecule has 1 heterocycles. The molecule has 0 radical (unpaired) electrons. The number of nitrogens with one attached hydrogen (secondary N) is 1. The number of fused-ring (bicyclic) bond motifs is 1. The summed E-state index contributed by atoms with van der Waals surface area (Å²) in [5.74, 6) is 0.0980. The molecule has 0 spiro atoms. The lowest BCUT2D eigenvalue weighted by atomic mass is 10.2. The first-order valence-electron chi connectivity index (χ1n) is 8.61. The Morgan fingerprint density at radius 3 is 2.69 bits per heavy atom. The lowest BCUT2D eigenvalue weighted by Gasteiger charge is -2.09. The van der Waals surface area contributed by atoms with Crippen LogP contribution in [0.3, 0.4) is 0 Å². The van der Waals surface area contributed by atoms with Gasteiger partial charge in [0.15, 0.2) is 6.61 Å². The fourth-order valence-electron chi connectivity index (χ4n) is 2.79. The minimum Gasteiger partial charge on any atom is -0.454 e. The SMILES string of the molecule is CSCc1nc2ccccc2n1CC(=O)OCC(=O)Nc1ccccc1[N+](=O)[O-]. The molecule has 2 aromatic carbocycles. The van der Waals surface area contributed by atoms with Crippen LogP contribution >= 0.6 is 11.8 Å². The summed E-state index contributed by atoms with van der Waals surface area (Å²) < 4.78 is 6.81. The van der Waals surface area contributed by atoms with Crippen molar-refractivity contribution in [1.29, 1.82) is 0 Å². The van der Waals surface area contributed by atoms with E-state index in [0.717, 1.165) is 16.9 Å². The zero-order valence-corrected chi connectivity index (χ0v) is 16.3. The van der Waals surface area contributed by atoms with Crippen LogP contribution in [0.25, 0.3) is 11.0 Å². The van der Waals surface area contributed by atoms with Gasteiger partial charge in [-0.2, -0.15) is 11.8 Å². The van der Waals surface area contributed by atoms with E-state index < -0.39 is 23.4 Å². The van der Waals surface area contributed by atoms with Crippen molar-refractivity contribution in [2.75, 3.05) is 18.2 Å². The number of carbonyl (C=O) groups excluding carboxylic acids is 2. The molecule has 0 unspecified atom stereocenters. The second kappa shape index (κ2) is 9.20. The van der Waals surface area contributed by atoms with Crippen molar-refractivity contribution in [1.82, 2.24) is 9.55 Å². The Labute approximate surface area is 170 Å². The highest BCUT2D eigenvalue weighted by Crippen LogP contribution is 2.23. The number of hydrogen-bond acceptors (Lipinski definition) is 7. The van der Waals surface area contributed by atoms with Crippen molar-refractivity contribution in [2.24, 2.45) is 0 Å². The Morgan fingerprint density at radius 2 is 1.93 bits per heavy atom. The minimum atomic E-state index is -0.660. The highest BCUT2D eigenvalue weighted by Gasteiger charge is 2.17. The fourth-order valence-corrected chi connectivity index (χ4v) is 3.27. The van der Waals surface area contributed by atoms with Crippen LogP contribution in [0.2, 0.25) is 0 Å². The summed E-state index contributed by atoms with van der Waals surface area (Å²) in [6, 6.07) is 13.2. The minimum absolute atomic E-state index is 0.0430. The first-order chi connectivity index (χ1) is 14.0. The summed E-state index contributed by atoms with van der Waals surface area (Å²) in [6.07, 6.45) is 1.94. The van der Waals surface area contributed by atoms with Crippen LogP contribution in [0.4, 0.5) is 11.4 Å². The molecule has 1 N–H and O–H groups in total. The molecule has 1 aromatic heterocycles. The van der Waals surface area contributed by atoms with Gasteiger partial charge >= 0.3 is 5.97 Å². The van der Waals surface area contributed by atoms with Crippen LogP contribution in [0, 0.1) is 10.1 Å². The molecular weight excluding hydrogens is 396 g/mol. The number of ether oxygens (including phenoxy) is 1. The molecule has 0 bridgehead atoms. The number of carbonyl (C=O) groups is 2. The van der Waals surface area contributed by atoms with Crippen molar-refractivity contribution in [3.05, 3.63) is 64.5 Å². The maximum Gasteiger partial charge on any atom is 0.326 e. The normalized spacial score (nSPS) is 10.7. The third-order valence-electron chi connectivity index (χ3n) is 4.03. The van der Waals surface area contributed by atoms with Gasteiger partial charge in [0.25, 0.3) is 11.6 Å². The van der Waals surface area contributed by atoms with E-state index in [9.17, 15) is 19.7 Å². The van der Waals surface area contributed by atoms with E-state index in [1.165, 1.54) is 18.2 Å². The van der Waals surface area contributed by atoms with Crippen LogP contribution in [0.5, 0.6) is 0 Å². The van der Waals surface area contributed by atoms with Gasteiger partial charge in [-0.1, -0.05) is 24.3 Å². The van der Waals surface area contributed by atoms with Gasteiger partial charge in [0.1, 0.15) is 18.1 Å². The smallest absolute Gasteiger partial charge is 0.326 e. The largest absolute Gasteiger partial charge is 0.454 e. The number of aromatic nitrogens is 2. The summed E-state index contributed by atoms with van der Waals surface area (Å²) in [7, 11) is 0. The van der Waals surface area contributed by atoms with Crippen LogP contribution in [0.1, 0.15) is 5.82 Å². The molecule has 9 nitrogen and oxygen atoms in total. The fraction of sp³-hybridized carbons (Fsp3) is 0.211. The van der Waals surface area contributed by atoms with E-state index in [2.05, 4.69) is 10.3 Å². The average Bonchev–Trinajstić information content (AvgIpc) is 3.04. The maximum absolute atomic E-state index is 12.3. The second-order valence-corrected chi connectivity index (χ2v) is 6.89. The van der Waals surface area contributed by atoms with Crippen LogP contribution in [-0.2, 0) is 26.6 Å². The lowest BCUT2D eigenvalue weighted by molar-refractivity contribution is -0.383. The zero-order chi connectivity index (χ0) is 20.8. The number of para-hydroxylation sites is 4. The van der Waals surface area contributed by atoms with Gasteiger partial charge in [0.05, 0.1) is 21.7 Å². The van der Waals surface area contributed by atoms with Crippen molar-refractivity contribution in [2.45, 2.75) is 12.3 Å². The summed E-state index contributed by atoms with van der Waals surface area (Å²) in [6.45, 7) is -0.634. The van der Waals surface area contributed by atoms with E-state index in [1.54, 1.807) is 22.4 Å². The maximum atomic E-state index is 12.3. The highest BCUT2D eigenvalue weighted by atomic mass is 32.2. The molecule has 0 aliphatic heterocycles. The summed E-state index contributed by atoms with van der Waals surface area (Å²) in [5.41, 5.74) is 1.39. The van der Waals surface area contributed by atoms with Gasteiger partial charge < -0.3 is 14.6 Å². The summed E-state index contributed by atoms with van der Waals surface area (Å²) in [5, 5.41) is 13.4. The molecule has 10 heteroatoms. The Kier molecular flexibility index (Phi) is 6.45. The van der Waals surface area contributed by atoms with E-state index in [0.29, 0.717) is 5.75 Å². The van der Waals surface area contributed by atoms with Gasteiger partial charge in [-0.15, -0.1) is 0 Å². The van der Waals surface area contributed by atoms with Crippen molar-refractivity contribution in [3.8, 4) is 0 Å². The standard InChI is InChI=1S/C19H18N4O5S/c1-29-12-17-20-13-6-2-4-8-15(13)22(17)10-19(25)28-11-18(24)21-14-7-3-5-9-16(14)23(26)27/h2-9H,10-12H2,1H3,(H,21,24). The van der Waals surface area contributed by atoms with Gasteiger partial charge in [0.2, 0.25) is 0 Å². The molecule has 3 aromatic rings. The summed E-state index contributed by atoms with van der Waals surface area (Å²) in [4.78, 5) is 39.2. The highest BCUT2D eigenvalue weighted by molar-refractivity contribution is 7.97. The Morgan fingerprint density at radius 1 is 1.21 bits per heavy atom. The summed E-state index contributed by atoms with van der Waals surface area (Å²) >= 11 is 1.58. The molecule has 0 saturated carbocycles. The Balaban J connectivity index is 1.63. The molecule has 1 amide bonds. The van der Waals surface area contributed by atoms with Gasteiger partial charge in [-0.3, -0.25) is 19.7 Å². The van der Waals surface area contributed by atoms with Crippen LogP contribution in [0.15, 0.2) is 48.5 Å². The number of amides is 1. The first kappa shape index (κ1) is 20.3. The number of hydrogen-bond donors (Lipinski definition) is 1. The lowest BCUT2D eigenvalue weighted by Crippen LogP contribution is -2.23. The van der Waals surface area contributed by atoms with Crippen LogP contribution < -0.4 is 5.32 Å². The van der Waals surface area contributed by atoms with Crippen molar-refractivity contribution in [3.63, 3.8) is 0 Å². The molecule has 0 aliphatic carbocycles. The van der Waals surface area contributed by atoms with Crippen molar-refractivity contribution < 1.29 is 19.2 Å². The molecule has 0 aliphatic rings. The monoisotopic (exact) mass is 414 g/mol. The average molecular weight is 414 g/mol. The first-order valence-corrected chi connectivity index (χ1v) is 10.0. The molecular formula is C19H18N4O5S. The molecule has 3 rings (SSSR count). The third-order valence-corrected chi connectivity index (χ3v) is 4.58. The number of anilines is 1.